The van der Waals surface area contributed by atoms with Crippen LogP contribution in [0.4, 0.5) is 0 Å². The van der Waals surface area contributed by atoms with Gasteiger partial charge in [0.25, 0.3) is 0 Å². The molecule has 2 aliphatic heterocycles. The number of ether oxygens (including phenoxy) is 3. The van der Waals surface area contributed by atoms with Crippen molar-refractivity contribution in [2.24, 2.45) is 5.92 Å². The minimum atomic E-state index is -0.407. The molecule has 0 spiro atoms. The standard InChI is InChI=1S/C7H14O2.C3H5O2.C2H6.K/c1-8-6-7-2-4-9-5-3-7;4-3-1-5-2-3;1-2;/h7H,2-6H2,1H3;3H,1-2H2;1-2H3;/q;-1;;+1. The summed E-state index contributed by atoms with van der Waals surface area (Å²) in [5.74, 6) is 0.753. The van der Waals surface area contributed by atoms with E-state index in [0.717, 1.165) is 25.7 Å². The largest absolute Gasteiger partial charge is 1.00 e. The molecule has 17 heavy (non-hydrogen) atoms. The second kappa shape index (κ2) is 15.5. The molecule has 0 aliphatic carbocycles. The summed E-state index contributed by atoms with van der Waals surface area (Å²) in [6.07, 6.45) is 1.94. The average Bonchev–Trinajstić information content (AvgIpc) is 2.32. The Morgan fingerprint density at radius 2 is 1.59 bits per heavy atom. The molecular weight excluding hydrogens is 247 g/mol. The summed E-state index contributed by atoms with van der Waals surface area (Å²) >= 11 is 0. The van der Waals surface area contributed by atoms with Gasteiger partial charge in [-0.3, -0.25) is 0 Å². The molecule has 0 unspecified atom stereocenters. The number of hydrogen-bond acceptors (Lipinski definition) is 4. The van der Waals surface area contributed by atoms with E-state index in [1.54, 1.807) is 7.11 Å². The maximum atomic E-state index is 9.86. The fourth-order valence-corrected chi connectivity index (χ4v) is 1.36. The SMILES string of the molecule is CC.COCC1CCOCC1.[K+].[O-]C1COC1. The number of methoxy groups -OCH3 is 1. The van der Waals surface area contributed by atoms with Crippen LogP contribution in [-0.2, 0) is 14.2 Å². The van der Waals surface area contributed by atoms with Crippen molar-refractivity contribution < 1.29 is 70.7 Å². The molecule has 2 rings (SSSR count). The third kappa shape index (κ3) is 12.3. The second-order valence-electron chi connectivity index (χ2n) is 3.67. The molecule has 4 nitrogen and oxygen atoms in total. The van der Waals surface area contributed by atoms with E-state index in [4.69, 9.17) is 9.47 Å². The van der Waals surface area contributed by atoms with E-state index >= 15 is 0 Å². The van der Waals surface area contributed by atoms with Crippen LogP contribution >= 0.6 is 0 Å². The van der Waals surface area contributed by atoms with Gasteiger partial charge in [-0.1, -0.05) is 20.0 Å². The van der Waals surface area contributed by atoms with Gasteiger partial charge in [0.05, 0.1) is 0 Å². The van der Waals surface area contributed by atoms with E-state index in [-0.39, 0.29) is 51.4 Å². The zero-order valence-corrected chi connectivity index (χ0v) is 14.9. The summed E-state index contributed by atoms with van der Waals surface area (Å²) in [6, 6.07) is 0. The van der Waals surface area contributed by atoms with Crippen LogP contribution in [0.3, 0.4) is 0 Å². The molecule has 2 aliphatic rings. The van der Waals surface area contributed by atoms with Gasteiger partial charge in [-0.15, -0.1) is 0 Å². The Kier molecular flexibility index (Phi) is 19.0. The van der Waals surface area contributed by atoms with E-state index in [1.165, 1.54) is 12.8 Å². The van der Waals surface area contributed by atoms with Gasteiger partial charge in [-0.25, -0.2) is 0 Å². The second-order valence-corrected chi connectivity index (χ2v) is 3.67. The monoisotopic (exact) mass is 272 g/mol. The van der Waals surface area contributed by atoms with Crippen LogP contribution in [0.1, 0.15) is 26.7 Å². The Hall–Kier alpha value is 1.48. The molecular formula is C12H25KO4. The van der Waals surface area contributed by atoms with Crippen molar-refractivity contribution in [1.29, 1.82) is 0 Å². The van der Waals surface area contributed by atoms with E-state index in [2.05, 4.69) is 4.74 Å². The first kappa shape index (κ1) is 20.8. The van der Waals surface area contributed by atoms with Crippen LogP contribution in [0, 0.1) is 5.92 Å². The maximum Gasteiger partial charge on any atom is 1.00 e. The molecule has 2 heterocycles. The Morgan fingerprint density at radius 1 is 1.12 bits per heavy atom. The topological polar surface area (TPSA) is 50.8 Å². The van der Waals surface area contributed by atoms with E-state index < -0.39 is 6.10 Å². The summed E-state index contributed by atoms with van der Waals surface area (Å²) in [4.78, 5) is 0. The summed E-state index contributed by atoms with van der Waals surface area (Å²) in [7, 11) is 1.76. The van der Waals surface area contributed by atoms with Crippen LogP contribution < -0.4 is 56.5 Å². The molecule has 0 amide bonds. The minimum Gasteiger partial charge on any atom is -0.849 e. The first-order valence-electron chi connectivity index (χ1n) is 6.13. The zero-order valence-electron chi connectivity index (χ0n) is 11.7. The van der Waals surface area contributed by atoms with Gasteiger partial charge < -0.3 is 19.3 Å². The molecule has 0 aromatic heterocycles. The number of hydrogen-bond donors (Lipinski definition) is 0. The van der Waals surface area contributed by atoms with Gasteiger partial charge in [0.2, 0.25) is 0 Å². The third-order valence-electron chi connectivity index (χ3n) is 2.35. The van der Waals surface area contributed by atoms with Gasteiger partial charge in [-0.2, -0.15) is 0 Å². The molecule has 0 bridgehead atoms. The van der Waals surface area contributed by atoms with Crippen LogP contribution in [0.2, 0.25) is 0 Å². The van der Waals surface area contributed by atoms with E-state index in [9.17, 15) is 5.11 Å². The number of rotatable bonds is 2. The summed E-state index contributed by atoms with van der Waals surface area (Å²) < 4.78 is 14.7. The molecule has 2 saturated heterocycles. The van der Waals surface area contributed by atoms with Gasteiger partial charge in [-0.05, 0) is 18.8 Å². The first-order valence-corrected chi connectivity index (χ1v) is 6.13. The molecule has 0 atom stereocenters. The smallest absolute Gasteiger partial charge is 0.849 e. The Balaban J connectivity index is 0. The van der Waals surface area contributed by atoms with Crippen molar-refractivity contribution in [3.8, 4) is 0 Å². The van der Waals surface area contributed by atoms with Gasteiger partial charge in [0.15, 0.2) is 0 Å². The summed E-state index contributed by atoms with van der Waals surface area (Å²) in [5, 5.41) is 9.86. The third-order valence-corrected chi connectivity index (χ3v) is 2.35. The average molecular weight is 272 g/mol. The van der Waals surface area contributed by atoms with Crippen molar-refractivity contribution in [2.75, 3.05) is 40.1 Å². The first-order chi connectivity index (χ1) is 7.83. The van der Waals surface area contributed by atoms with E-state index in [0.29, 0.717) is 13.2 Å². The molecule has 0 aromatic rings. The van der Waals surface area contributed by atoms with Gasteiger partial charge in [0, 0.05) is 40.1 Å². The molecule has 0 N–H and O–H groups in total. The van der Waals surface area contributed by atoms with Crippen LogP contribution in [-0.4, -0.2) is 46.2 Å². The van der Waals surface area contributed by atoms with Crippen molar-refractivity contribution in [3.05, 3.63) is 0 Å². The van der Waals surface area contributed by atoms with Crippen molar-refractivity contribution >= 4 is 0 Å². The molecule has 98 valence electrons. The predicted molar refractivity (Wildman–Crippen MR) is 61.4 cm³/mol. The van der Waals surface area contributed by atoms with Crippen molar-refractivity contribution in [2.45, 2.75) is 32.8 Å². The molecule has 0 aromatic carbocycles. The molecule has 0 saturated carbocycles. The van der Waals surface area contributed by atoms with Crippen molar-refractivity contribution in [3.63, 3.8) is 0 Å². The normalized spacial score (nSPS) is 19.8. The van der Waals surface area contributed by atoms with Gasteiger partial charge >= 0.3 is 51.4 Å². The van der Waals surface area contributed by atoms with Crippen LogP contribution in [0.25, 0.3) is 0 Å². The Bertz CT molecular complexity index is 134. The Morgan fingerprint density at radius 3 is 1.88 bits per heavy atom. The minimum absolute atomic E-state index is 0. The summed E-state index contributed by atoms with van der Waals surface area (Å²) in [5.41, 5.74) is 0. The fraction of sp³-hybridized carbons (Fsp3) is 1.00. The molecule has 0 radical (unpaired) electrons. The molecule has 2 fully saturated rings. The van der Waals surface area contributed by atoms with Crippen LogP contribution in [0.15, 0.2) is 0 Å². The predicted octanol–water partition coefficient (Wildman–Crippen LogP) is -2.16. The van der Waals surface area contributed by atoms with Crippen LogP contribution in [0.5, 0.6) is 0 Å². The Labute approximate surface area is 148 Å². The fourth-order valence-electron chi connectivity index (χ4n) is 1.36. The quantitative estimate of drug-likeness (QED) is 0.537. The van der Waals surface area contributed by atoms with E-state index in [1.807, 2.05) is 13.8 Å². The molecule has 5 heteroatoms. The summed E-state index contributed by atoms with van der Waals surface area (Å²) in [6.45, 7) is 7.62. The zero-order chi connectivity index (χ0) is 12.2. The van der Waals surface area contributed by atoms with Gasteiger partial charge in [0.1, 0.15) is 0 Å². The maximum absolute atomic E-state index is 9.86. The van der Waals surface area contributed by atoms with Crippen molar-refractivity contribution in [1.82, 2.24) is 0 Å².